The van der Waals surface area contributed by atoms with Gasteiger partial charge in [-0.15, -0.1) is 0 Å². The van der Waals surface area contributed by atoms with Crippen LogP contribution < -0.4 is 0 Å². The molecule has 0 aromatic rings. The fourth-order valence-electron chi connectivity index (χ4n) is 7.08. The van der Waals surface area contributed by atoms with Crippen LogP contribution in [-0.2, 0) is 22.5 Å². The van der Waals surface area contributed by atoms with E-state index in [2.05, 4.69) is 196 Å². The molecule has 392 valence electrons. The highest BCUT2D eigenvalue weighted by Crippen LogP contribution is 2.48. The van der Waals surface area contributed by atoms with Crippen molar-refractivity contribution in [1.29, 1.82) is 0 Å². The number of unbranched alkanes of at least 4 members (excludes halogenated alkanes) is 1. The smallest absolute Gasteiger partial charge is 0.373 e. The molecule has 0 aromatic carbocycles. The van der Waals surface area contributed by atoms with Gasteiger partial charge in [0, 0.05) is 11.8 Å². The molecule has 0 amide bonds. The Balaban J connectivity index is 7.07. The molecule has 0 heterocycles. The molecule has 0 aliphatic rings. The Morgan fingerprint density at radius 3 is 1.43 bits per heavy atom. The van der Waals surface area contributed by atoms with E-state index in [1.54, 1.807) is 6.08 Å². The van der Waals surface area contributed by atoms with Crippen LogP contribution in [0.2, 0.25) is 72.5 Å². The zero-order chi connectivity index (χ0) is 52.9. The average Bonchev–Trinajstić information content (AvgIpc) is 3.13. The lowest BCUT2D eigenvalue weighted by molar-refractivity contribution is -0.135. The van der Waals surface area contributed by atoms with Gasteiger partial charge < -0.3 is 27.9 Å². The Kier molecular flexibility index (Phi) is 25.4. The maximum atomic E-state index is 13.8. The van der Waals surface area contributed by atoms with Crippen molar-refractivity contribution in [2.75, 3.05) is 0 Å². The minimum Gasteiger partial charge on any atom is -0.544 e. The van der Waals surface area contributed by atoms with E-state index in [-0.39, 0.29) is 55.5 Å². The predicted octanol–water partition coefficient (Wildman–Crippen LogP) is 18.2. The van der Waals surface area contributed by atoms with Gasteiger partial charge in [-0.25, -0.2) is 4.79 Å². The highest BCUT2D eigenvalue weighted by atomic mass is 28.4. The number of allylic oxidation sites excluding steroid dienone is 5. The molecular weight excluding hydrogens is 897 g/mol. The summed E-state index contributed by atoms with van der Waals surface area (Å²) in [5.74, 6) is 2.10. The summed E-state index contributed by atoms with van der Waals surface area (Å²) in [6, 6.07) is 0. The first-order valence-electron chi connectivity index (χ1n) is 26.1. The number of aliphatic hydroxyl groups is 1. The molecule has 0 aliphatic carbocycles. The molecule has 0 spiro atoms. The molecule has 2 N–H and O–H groups in total. The van der Waals surface area contributed by atoms with E-state index < -0.39 is 39.2 Å². The molecule has 0 fully saturated rings. The lowest BCUT2D eigenvalue weighted by Crippen LogP contribution is -2.46. The molecule has 0 saturated carbocycles. The fraction of sp³-hybridized carbons (Fsp3) is 0.804. The van der Waals surface area contributed by atoms with E-state index in [1.165, 1.54) is 12.8 Å². The molecule has 0 rings (SSSR count). The van der Waals surface area contributed by atoms with Gasteiger partial charge in [0.05, 0.1) is 6.10 Å². The van der Waals surface area contributed by atoms with Crippen LogP contribution in [0.3, 0.4) is 0 Å². The van der Waals surface area contributed by atoms with E-state index in [0.29, 0.717) is 29.3 Å². The number of hydrogen-bond acceptors (Lipinski definition) is 6. The predicted molar refractivity (Wildman–Crippen MR) is 301 cm³/mol. The first-order valence-corrected chi connectivity index (χ1v) is 37.7. The minimum atomic E-state index is -2.70. The second-order valence-electron chi connectivity index (χ2n) is 26.9. The molecule has 0 radical (unpaired) electrons. The van der Waals surface area contributed by atoms with Gasteiger partial charge in [0.2, 0.25) is 14.1 Å². The van der Waals surface area contributed by atoms with E-state index in [9.17, 15) is 15.0 Å². The maximum absolute atomic E-state index is 13.8. The van der Waals surface area contributed by atoms with Gasteiger partial charge >= 0.3 is 5.97 Å². The van der Waals surface area contributed by atoms with E-state index >= 15 is 0 Å². The molecule has 0 bridgehead atoms. The molecule has 7 unspecified atom stereocenters. The Morgan fingerprint density at radius 2 is 1.00 bits per heavy atom. The lowest BCUT2D eigenvalue weighted by atomic mass is 9.85. The van der Waals surface area contributed by atoms with Gasteiger partial charge in [-0.2, -0.15) is 0 Å². The van der Waals surface area contributed by atoms with Crippen molar-refractivity contribution in [1.82, 2.24) is 0 Å². The highest BCUT2D eigenvalue weighted by molar-refractivity contribution is 6.76. The summed E-state index contributed by atoms with van der Waals surface area (Å²) in [7, 11) is -10.6. The SMILES string of the molecule is C=CC=CC(C)C(O)C(C)CCCC(C)CC(C)CC(C)C=CCCCC(C)C(O[Si](C)(C)C(C)(C)C)=C(O[Si](C)(C)C(C)(C)C)C(O[Si](C)(C)C(C)(C)C)=C(O[Si](C)(C)C(C)(C)C)C(=O)O. The van der Waals surface area contributed by atoms with Crippen LogP contribution in [-0.4, -0.2) is 55.6 Å². The summed E-state index contributed by atoms with van der Waals surface area (Å²) in [4.78, 5) is 13.8. The van der Waals surface area contributed by atoms with Gasteiger partial charge in [-0.3, -0.25) is 0 Å². The van der Waals surface area contributed by atoms with Crippen molar-refractivity contribution >= 4 is 39.2 Å². The van der Waals surface area contributed by atoms with Crippen LogP contribution in [0.5, 0.6) is 0 Å². The normalized spacial score (nSPS) is 18.1. The number of carboxylic acids is 1. The molecule has 7 nitrogen and oxygen atoms in total. The molecular formula is C56H110O7Si4. The van der Waals surface area contributed by atoms with Crippen molar-refractivity contribution in [3.05, 3.63) is 60.0 Å². The monoisotopic (exact) mass is 1010 g/mol. The summed E-state index contributed by atoms with van der Waals surface area (Å²) >= 11 is 0. The van der Waals surface area contributed by atoms with Crippen LogP contribution in [0.15, 0.2) is 60.0 Å². The third-order valence-corrected chi connectivity index (χ3v) is 33.3. The zero-order valence-electron chi connectivity index (χ0n) is 48.7. The van der Waals surface area contributed by atoms with Gasteiger partial charge in [0.25, 0.3) is 25.0 Å². The van der Waals surface area contributed by atoms with E-state index in [1.807, 2.05) is 12.2 Å². The summed E-state index contributed by atoms with van der Waals surface area (Å²) < 4.78 is 29.1. The Labute approximate surface area is 420 Å². The summed E-state index contributed by atoms with van der Waals surface area (Å²) in [5, 5.41) is 21.2. The highest BCUT2D eigenvalue weighted by Gasteiger charge is 2.49. The van der Waals surface area contributed by atoms with Crippen molar-refractivity contribution in [2.24, 2.45) is 35.5 Å². The Morgan fingerprint density at radius 1 is 0.567 bits per heavy atom. The summed E-state index contributed by atoms with van der Waals surface area (Å²) in [6.07, 6.45) is 18.7. The Bertz CT molecular complexity index is 1660. The number of aliphatic carboxylic acids is 1. The number of rotatable bonds is 28. The zero-order valence-corrected chi connectivity index (χ0v) is 52.7. The third-order valence-electron chi connectivity index (χ3n) is 16.0. The fourth-order valence-corrected chi connectivity index (χ4v) is 11.2. The second kappa shape index (κ2) is 26.1. The van der Waals surface area contributed by atoms with Crippen molar-refractivity contribution in [3.8, 4) is 0 Å². The Hall–Kier alpha value is -1.80. The molecule has 7 atom stereocenters. The van der Waals surface area contributed by atoms with Crippen LogP contribution in [0, 0.1) is 35.5 Å². The molecule has 0 aromatic heterocycles. The second-order valence-corrected chi connectivity index (χ2v) is 45.8. The van der Waals surface area contributed by atoms with Gasteiger partial charge in [-0.1, -0.05) is 174 Å². The minimum absolute atomic E-state index is 0.0918. The van der Waals surface area contributed by atoms with Crippen LogP contribution in [0.25, 0.3) is 0 Å². The van der Waals surface area contributed by atoms with Crippen molar-refractivity contribution < 1.29 is 32.7 Å². The van der Waals surface area contributed by atoms with Crippen LogP contribution in [0.4, 0.5) is 0 Å². The van der Waals surface area contributed by atoms with E-state index in [4.69, 9.17) is 17.7 Å². The number of hydrogen-bond donors (Lipinski definition) is 2. The molecule has 11 heteroatoms. The van der Waals surface area contributed by atoms with E-state index in [0.717, 1.165) is 38.5 Å². The lowest BCUT2D eigenvalue weighted by Gasteiger charge is -2.44. The largest absolute Gasteiger partial charge is 0.544 e. The third kappa shape index (κ3) is 21.2. The number of carbonyl (C=O) groups is 1. The molecule has 0 saturated heterocycles. The van der Waals surface area contributed by atoms with Crippen molar-refractivity contribution in [2.45, 2.75) is 255 Å². The molecule has 67 heavy (non-hydrogen) atoms. The van der Waals surface area contributed by atoms with Crippen LogP contribution >= 0.6 is 0 Å². The number of aliphatic hydroxyl groups excluding tert-OH is 1. The van der Waals surface area contributed by atoms with Gasteiger partial charge in [-0.05, 0) is 135 Å². The summed E-state index contributed by atoms with van der Waals surface area (Å²) in [5.41, 5.74) is 0. The van der Waals surface area contributed by atoms with Gasteiger partial charge in [0.1, 0.15) is 5.76 Å². The van der Waals surface area contributed by atoms with Crippen LogP contribution in [0.1, 0.15) is 176 Å². The molecule has 0 aliphatic heterocycles. The first-order chi connectivity index (χ1) is 30.0. The standard InChI is InChI=1S/C56H110O7Si4/c1-28-29-36-44(5)47(57)45(6)38-33-35-42(3)40-43(4)39-41(2)34-31-30-32-37-46(7)48(60-64(20,21)53(8,9)10)49(61-65(22,23)54(11,12)13)50(62-66(24,25)55(14,15)16)51(52(58)59)63-67(26,27)56(17,18)19/h28-29,31,34,36,41-47,57H,1,30,32-33,35,37-40H2,2-27H3,(H,58,59). The quantitative estimate of drug-likeness (QED) is 0.0201. The average molecular weight is 1010 g/mol. The van der Waals surface area contributed by atoms with Crippen molar-refractivity contribution in [3.63, 3.8) is 0 Å². The topological polar surface area (TPSA) is 94.5 Å². The number of carboxylic acid groups (broad SMARTS) is 1. The van der Waals surface area contributed by atoms with Gasteiger partial charge in [0.15, 0.2) is 11.5 Å². The first kappa shape index (κ1) is 65.2. The summed E-state index contributed by atoms with van der Waals surface area (Å²) in [6.45, 7) is 61.1. The maximum Gasteiger partial charge on any atom is 0.373 e.